The second kappa shape index (κ2) is 12.8. The van der Waals surface area contributed by atoms with Crippen LogP contribution in [0.15, 0.2) is 182 Å². The van der Waals surface area contributed by atoms with Gasteiger partial charge in [0.05, 0.1) is 32.5 Å². The summed E-state index contributed by atoms with van der Waals surface area (Å²) >= 11 is 1.81. The van der Waals surface area contributed by atoms with Crippen LogP contribution < -0.4 is 0 Å². The molecule has 0 saturated heterocycles. The third-order valence-corrected chi connectivity index (χ3v) is 12.7. The Kier molecular flexibility index (Phi) is 7.25. The Hall–Kier alpha value is -7.41. The van der Waals surface area contributed by atoms with Gasteiger partial charge in [0.15, 0.2) is 17.5 Å². The molecule has 12 rings (SSSR count). The van der Waals surface area contributed by atoms with Gasteiger partial charge in [-0.05, 0) is 43.3 Å². The van der Waals surface area contributed by atoms with Gasteiger partial charge >= 0.3 is 0 Å². The third-order valence-electron chi connectivity index (χ3n) is 11.4. The molecule has 0 fully saturated rings. The van der Waals surface area contributed by atoms with Crippen LogP contribution in [0.25, 0.3) is 109 Å². The standard InChI is InChI=1S/C52H33N5S/c1-32-26-28-34(29-27-32)51-53-50(33-14-4-2-5-15-33)54-52(55-51)42-22-12-20-40-41-21-13-25-45(49(41)58-48(40)42)57-44-24-11-9-19-37(44)39-31-30-38-36-18-8-10-23-43(36)56(46(38)47(39)57)35-16-6-3-7-17-35/h2-31H,1H3. The van der Waals surface area contributed by atoms with Gasteiger partial charge in [-0.2, -0.15) is 0 Å². The first-order chi connectivity index (χ1) is 28.7. The summed E-state index contributed by atoms with van der Waals surface area (Å²) in [5, 5.41) is 7.31. The van der Waals surface area contributed by atoms with E-state index in [9.17, 15) is 0 Å². The van der Waals surface area contributed by atoms with Gasteiger partial charge in [-0.3, -0.25) is 0 Å². The molecule has 0 unspecified atom stereocenters. The number of aryl methyl sites for hydroxylation is 1. The molecule has 4 heterocycles. The van der Waals surface area contributed by atoms with Crippen LogP contribution in [0.4, 0.5) is 0 Å². The zero-order valence-corrected chi connectivity index (χ0v) is 32.3. The molecule has 0 saturated carbocycles. The minimum absolute atomic E-state index is 0.656. The van der Waals surface area contributed by atoms with E-state index in [4.69, 9.17) is 15.0 Å². The van der Waals surface area contributed by atoms with Crippen LogP contribution in [0.1, 0.15) is 5.56 Å². The average Bonchev–Trinajstić information content (AvgIpc) is 3.95. The molecular weight excluding hydrogens is 727 g/mol. The van der Waals surface area contributed by atoms with E-state index >= 15 is 0 Å². The van der Waals surface area contributed by atoms with E-state index in [-0.39, 0.29) is 0 Å². The van der Waals surface area contributed by atoms with E-state index < -0.39 is 0 Å². The maximum absolute atomic E-state index is 5.17. The molecular formula is C52H33N5S. The van der Waals surface area contributed by atoms with E-state index in [0.29, 0.717) is 17.5 Å². The summed E-state index contributed by atoms with van der Waals surface area (Å²) in [5.74, 6) is 1.97. The van der Waals surface area contributed by atoms with Gasteiger partial charge in [-0.25, -0.2) is 15.0 Å². The number of aromatic nitrogens is 5. The van der Waals surface area contributed by atoms with Crippen molar-refractivity contribution in [2.24, 2.45) is 0 Å². The molecule has 0 aliphatic heterocycles. The molecule has 0 radical (unpaired) electrons. The lowest BCUT2D eigenvalue weighted by Gasteiger charge is -2.13. The fraction of sp³-hybridized carbons (Fsp3) is 0.0192. The summed E-state index contributed by atoms with van der Waals surface area (Å²) in [4.78, 5) is 15.3. The number of benzene rings is 8. The Morgan fingerprint density at radius 1 is 0.379 bits per heavy atom. The van der Waals surface area contributed by atoms with Crippen LogP contribution in [-0.2, 0) is 0 Å². The topological polar surface area (TPSA) is 48.5 Å². The van der Waals surface area contributed by atoms with Gasteiger partial charge in [0, 0.05) is 59.4 Å². The van der Waals surface area contributed by atoms with E-state index in [1.165, 1.54) is 64.6 Å². The van der Waals surface area contributed by atoms with Crippen molar-refractivity contribution in [1.29, 1.82) is 0 Å². The summed E-state index contributed by atoms with van der Waals surface area (Å²) < 4.78 is 7.31. The molecule has 12 aromatic rings. The van der Waals surface area contributed by atoms with Crippen molar-refractivity contribution < 1.29 is 0 Å². The highest BCUT2D eigenvalue weighted by atomic mass is 32.1. The van der Waals surface area contributed by atoms with Crippen LogP contribution in [0.3, 0.4) is 0 Å². The number of hydrogen-bond acceptors (Lipinski definition) is 4. The molecule has 0 N–H and O–H groups in total. The predicted octanol–water partition coefficient (Wildman–Crippen LogP) is 13.7. The Bertz CT molecular complexity index is 3560. The van der Waals surface area contributed by atoms with E-state index in [2.05, 4.69) is 180 Å². The molecule has 0 amide bonds. The second-order valence-corrected chi connectivity index (χ2v) is 15.9. The van der Waals surface area contributed by atoms with Crippen molar-refractivity contribution >= 4 is 75.1 Å². The molecule has 5 nitrogen and oxygen atoms in total. The summed E-state index contributed by atoms with van der Waals surface area (Å²) in [6, 6.07) is 64.8. The van der Waals surface area contributed by atoms with Crippen LogP contribution in [0, 0.1) is 6.92 Å². The van der Waals surface area contributed by atoms with Crippen molar-refractivity contribution in [3.63, 3.8) is 0 Å². The third kappa shape index (κ3) is 4.92. The normalized spacial score (nSPS) is 11.9. The summed E-state index contributed by atoms with van der Waals surface area (Å²) in [6.07, 6.45) is 0. The van der Waals surface area contributed by atoms with Gasteiger partial charge in [-0.1, -0.05) is 151 Å². The summed E-state index contributed by atoms with van der Waals surface area (Å²) in [5.41, 5.74) is 11.1. The molecule has 6 heteroatoms. The highest BCUT2D eigenvalue weighted by Gasteiger charge is 2.23. The number of rotatable bonds is 5. The predicted molar refractivity (Wildman–Crippen MR) is 242 cm³/mol. The number of para-hydroxylation sites is 3. The SMILES string of the molecule is Cc1ccc(-c2nc(-c3ccccc3)nc(-c3cccc4c3sc3c(-n5c6ccccc6c6ccc7c8ccccc8n(-c8ccccc8)c7c65)cccc34)n2)cc1. The zero-order valence-electron chi connectivity index (χ0n) is 31.5. The molecule has 0 aliphatic rings. The van der Waals surface area contributed by atoms with Crippen LogP contribution in [0.5, 0.6) is 0 Å². The fourth-order valence-electron chi connectivity index (χ4n) is 8.80. The molecule has 0 atom stereocenters. The number of fused-ring (bicyclic) bond motifs is 10. The van der Waals surface area contributed by atoms with Crippen molar-refractivity contribution in [2.45, 2.75) is 6.92 Å². The fourth-order valence-corrected chi connectivity index (χ4v) is 10.1. The molecule has 58 heavy (non-hydrogen) atoms. The summed E-state index contributed by atoms with van der Waals surface area (Å²) in [6.45, 7) is 2.10. The van der Waals surface area contributed by atoms with Crippen molar-refractivity contribution in [1.82, 2.24) is 24.1 Å². The Morgan fingerprint density at radius 2 is 0.897 bits per heavy atom. The van der Waals surface area contributed by atoms with Crippen LogP contribution in [0.2, 0.25) is 0 Å². The Labute approximate surface area is 337 Å². The Morgan fingerprint density at radius 3 is 1.59 bits per heavy atom. The number of nitrogens with zero attached hydrogens (tertiary/aromatic N) is 5. The summed E-state index contributed by atoms with van der Waals surface area (Å²) in [7, 11) is 0. The minimum Gasteiger partial charge on any atom is -0.307 e. The molecule has 272 valence electrons. The first kappa shape index (κ1) is 32.8. The van der Waals surface area contributed by atoms with Crippen LogP contribution in [-0.4, -0.2) is 24.1 Å². The van der Waals surface area contributed by atoms with E-state index in [1.807, 2.05) is 29.5 Å². The highest BCUT2D eigenvalue weighted by molar-refractivity contribution is 7.26. The monoisotopic (exact) mass is 759 g/mol. The van der Waals surface area contributed by atoms with Gasteiger partial charge in [0.1, 0.15) is 0 Å². The zero-order chi connectivity index (χ0) is 38.3. The molecule has 0 spiro atoms. The first-order valence-electron chi connectivity index (χ1n) is 19.5. The average molecular weight is 760 g/mol. The molecule has 0 bridgehead atoms. The maximum Gasteiger partial charge on any atom is 0.165 e. The molecule has 4 aromatic heterocycles. The van der Waals surface area contributed by atoms with Crippen molar-refractivity contribution in [2.75, 3.05) is 0 Å². The lowest BCUT2D eigenvalue weighted by molar-refractivity contribution is 1.08. The van der Waals surface area contributed by atoms with Gasteiger partial charge in [0.2, 0.25) is 0 Å². The van der Waals surface area contributed by atoms with Gasteiger partial charge < -0.3 is 9.13 Å². The number of thiophene rings is 1. The second-order valence-electron chi connectivity index (χ2n) is 14.9. The maximum atomic E-state index is 5.17. The van der Waals surface area contributed by atoms with Crippen molar-refractivity contribution in [3.05, 3.63) is 188 Å². The van der Waals surface area contributed by atoms with Crippen LogP contribution >= 0.6 is 11.3 Å². The van der Waals surface area contributed by atoms with Gasteiger partial charge in [0.25, 0.3) is 0 Å². The van der Waals surface area contributed by atoms with Gasteiger partial charge in [-0.15, -0.1) is 11.3 Å². The lowest BCUT2D eigenvalue weighted by Crippen LogP contribution is -2.00. The molecule has 8 aromatic carbocycles. The minimum atomic E-state index is 0.656. The smallest absolute Gasteiger partial charge is 0.165 e. The quantitative estimate of drug-likeness (QED) is 0.176. The highest BCUT2D eigenvalue weighted by Crippen LogP contribution is 2.46. The van der Waals surface area contributed by atoms with E-state index in [1.54, 1.807) is 0 Å². The van der Waals surface area contributed by atoms with E-state index in [0.717, 1.165) is 32.8 Å². The Balaban J connectivity index is 1.16. The lowest BCUT2D eigenvalue weighted by atomic mass is 10.1. The first-order valence-corrected chi connectivity index (χ1v) is 20.4. The molecule has 0 aliphatic carbocycles. The largest absolute Gasteiger partial charge is 0.307 e. The number of hydrogen-bond donors (Lipinski definition) is 0. The van der Waals surface area contributed by atoms with Crippen molar-refractivity contribution in [3.8, 4) is 45.5 Å².